The van der Waals surface area contributed by atoms with Crippen molar-refractivity contribution in [2.75, 3.05) is 0 Å². The normalized spacial score (nSPS) is 13.2. The summed E-state index contributed by atoms with van der Waals surface area (Å²) in [7, 11) is 0. The van der Waals surface area contributed by atoms with Gasteiger partial charge in [0.2, 0.25) is 0 Å². The van der Waals surface area contributed by atoms with Gasteiger partial charge in [-0.25, -0.2) is 0 Å². The van der Waals surface area contributed by atoms with Crippen LogP contribution in [0.25, 0.3) is 0 Å². The van der Waals surface area contributed by atoms with E-state index in [2.05, 4.69) is 15.9 Å². The molecule has 2 N–H and O–H groups in total. The Kier molecular flexibility index (Phi) is 4.74. The lowest BCUT2D eigenvalue weighted by molar-refractivity contribution is -0.137. The van der Waals surface area contributed by atoms with Crippen LogP contribution in [0.3, 0.4) is 0 Å². The molecule has 2 rings (SSSR count). The van der Waals surface area contributed by atoms with Gasteiger partial charge in [0, 0.05) is 10.5 Å². The van der Waals surface area contributed by atoms with Crippen molar-refractivity contribution in [1.82, 2.24) is 0 Å². The first-order chi connectivity index (χ1) is 9.77. The molecule has 0 spiro atoms. The van der Waals surface area contributed by atoms with Gasteiger partial charge in [0.05, 0.1) is 5.56 Å². The van der Waals surface area contributed by atoms with Gasteiger partial charge in [-0.15, -0.1) is 0 Å². The van der Waals surface area contributed by atoms with E-state index in [-0.39, 0.29) is 6.04 Å². The molecule has 0 heterocycles. The minimum absolute atomic E-state index is 0.353. The van der Waals surface area contributed by atoms with Crippen LogP contribution in [-0.2, 0) is 12.6 Å². The molecule has 0 amide bonds. The van der Waals surface area contributed by atoms with E-state index in [9.17, 15) is 13.2 Å². The maximum absolute atomic E-state index is 12.7. The monoisotopic (exact) mass is 357 g/mol. The Morgan fingerprint density at radius 1 is 1.14 bits per heavy atom. The van der Waals surface area contributed by atoms with Crippen LogP contribution < -0.4 is 5.73 Å². The highest BCUT2D eigenvalue weighted by Gasteiger charge is 2.30. The van der Waals surface area contributed by atoms with Gasteiger partial charge in [-0.05, 0) is 36.6 Å². The van der Waals surface area contributed by atoms with Crippen molar-refractivity contribution >= 4 is 15.9 Å². The van der Waals surface area contributed by atoms with Gasteiger partial charge >= 0.3 is 6.18 Å². The van der Waals surface area contributed by atoms with Crippen molar-refractivity contribution < 1.29 is 13.2 Å². The van der Waals surface area contributed by atoms with Crippen molar-refractivity contribution in [3.63, 3.8) is 0 Å². The average molecular weight is 358 g/mol. The molecule has 1 unspecified atom stereocenters. The number of halogens is 4. The summed E-state index contributed by atoms with van der Waals surface area (Å²) in [4.78, 5) is 0. The molecule has 1 atom stereocenters. The number of hydrogen-bond acceptors (Lipinski definition) is 1. The first kappa shape index (κ1) is 16.0. The van der Waals surface area contributed by atoms with Crippen molar-refractivity contribution in [2.24, 2.45) is 5.73 Å². The van der Waals surface area contributed by atoms with E-state index in [4.69, 9.17) is 5.73 Å². The van der Waals surface area contributed by atoms with E-state index in [1.807, 2.05) is 25.1 Å². The summed E-state index contributed by atoms with van der Waals surface area (Å²) in [6.45, 7) is 1.95. The second-order valence-electron chi connectivity index (χ2n) is 5.03. The highest BCUT2D eigenvalue weighted by molar-refractivity contribution is 9.10. The number of alkyl halides is 3. The quantitative estimate of drug-likeness (QED) is 0.819. The molecule has 0 aliphatic carbocycles. The molecular weight excluding hydrogens is 343 g/mol. The molecule has 0 saturated heterocycles. The van der Waals surface area contributed by atoms with Crippen LogP contribution in [0.15, 0.2) is 46.9 Å². The summed E-state index contributed by atoms with van der Waals surface area (Å²) in [5.41, 5.74) is 8.03. The highest BCUT2D eigenvalue weighted by atomic mass is 79.9. The molecule has 1 nitrogen and oxygen atoms in total. The van der Waals surface area contributed by atoms with E-state index in [1.165, 1.54) is 6.07 Å². The summed E-state index contributed by atoms with van der Waals surface area (Å²) >= 11 is 3.43. The Balaban J connectivity index is 2.23. The lowest BCUT2D eigenvalue weighted by Crippen LogP contribution is -2.15. The SMILES string of the molecule is Cc1ccc(Br)c(C(N)Cc2cccc(C(F)(F)F)c2)c1. The van der Waals surface area contributed by atoms with Crippen molar-refractivity contribution in [3.05, 3.63) is 69.2 Å². The van der Waals surface area contributed by atoms with E-state index in [1.54, 1.807) is 6.07 Å². The van der Waals surface area contributed by atoms with Crippen LogP contribution in [0.4, 0.5) is 13.2 Å². The molecule has 2 aromatic rings. The van der Waals surface area contributed by atoms with Crippen molar-refractivity contribution in [2.45, 2.75) is 25.6 Å². The van der Waals surface area contributed by atoms with Gasteiger partial charge in [-0.2, -0.15) is 13.2 Å². The third kappa shape index (κ3) is 4.08. The minimum Gasteiger partial charge on any atom is -0.324 e. The Morgan fingerprint density at radius 3 is 2.52 bits per heavy atom. The summed E-state index contributed by atoms with van der Waals surface area (Å²) < 4.78 is 39.0. The summed E-state index contributed by atoms with van der Waals surface area (Å²) in [6, 6.07) is 10.7. The molecular formula is C16H15BrF3N. The minimum atomic E-state index is -4.33. The first-order valence-electron chi connectivity index (χ1n) is 6.45. The largest absolute Gasteiger partial charge is 0.416 e. The van der Waals surface area contributed by atoms with Gasteiger partial charge in [0.15, 0.2) is 0 Å². The van der Waals surface area contributed by atoms with Gasteiger partial charge in [-0.3, -0.25) is 0 Å². The fourth-order valence-electron chi connectivity index (χ4n) is 2.19. The molecule has 5 heteroatoms. The summed E-state index contributed by atoms with van der Waals surface area (Å²) in [5.74, 6) is 0. The van der Waals surface area contributed by atoms with Gasteiger partial charge in [0.1, 0.15) is 0 Å². The molecule has 21 heavy (non-hydrogen) atoms. The van der Waals surface area contributed by atoms with Crippen molar-refractivity contribution in [3.8, 4) is 0 Å². The molecule has 0 fully saturated rings. The zero-order valence-electron chi connectivity index (χ0n) is 11.4. The van der Waals surface area contributed by atoms with Crippen LogP contribution >= 0.6 is 15.9 Å². The highest BCUT2D eigenvalue weighted by Crippen LogP contribution is 2.31. The lowest BCUT2D eigenvalue weighted by Gasteiger charge is -2.16. The topological polar surface area (TPSA) is 26.0 Å². The average Bonchev–Trinajstić information content (AvgIpc) is 2.41. The molecule has 0 aromatic heterocycles. The molecule has 0 aliphatic rings. The van der Waals surface area contributed by atoms with Gasteiger partial charge in [-0.1, -0.05) is 51.8 Å². The molecule has 0 radical (unpaired) electrons. The Morgan fingerprint density at radius 2 is 1.86 bits per heavy atom. The van der Waals surface area contributed by atoms with E-state index < -0.39 is 11.7 Å². The zero-order valence-corrected chi connectivity index (χ0v) is 13.0. The Hall–Kier alpha value is -1.33. The Labute approximate surface area is 130 Å². The van der Waals surface area contributed by atoms with Crippen LogP contribution in [0, 0.1) is 6.92 Å². The number of hydrogen-bond donors (Lipinski definition) is 1. The first-order valence-corrected chi connectivity index (χ1v) is 7.24. The molecule has 0 saturated carbocycles. The fraction of sp³-hybridized carbons (Fsp3) is 0.250. The van der Waals surface area contributed by atoms with E-state index in [0.717, 1.165) is 27.7 Å². The lowest BCUT2D eigenvalue weighted by atomic mass is 9.97. The van der Waals surface area contributed by atoms with Gasteiger partial charge < -0.3 is 5.73 Å². The number of rotatable bonds is 3. The third-order valence-electron chi connectivity index (χ3n) is 3.26. The van der Waals surface area contributed by atoms with Crippen LogP contribution in [-0.4, -0.2) is 0 Å². The van der Waals surface area contributed by atoms with E-state index >= 15 is 0 Å². The Bertz CT molecular complexity index is 638. The number of benzene rings is 2. The van der Waals surface area contributed by atoms with Gasteiger partial charge in [0.25, 0.3) is 0 Å². The molecule has 2 aromatic carbocycles. The van der Waals surface area contributed by atoms with Crippen LogP contribution in [0.2, 0.25) is 0 Å². The number of nitrogens with two attached hydrogens (primary N) is 1. The summed E-state index contributed by atoms with van der Waals surface area (Å²) in [5, 5.41) is 0. The predicted octanol–water partition coefficient (Wildman–Crippen LogP) is 5.02. The molecule has 0 bridgehead atoms. The predicted molar refractivity (Wildman–Crippen MR) is 81.0 cm³/mol. The van der Waals surface area contributed by atoms with Crippen molar-refractivity contribution in [1.29, 1.82) is 0 Å². The fourth-order valence-corrected chi connectivity index (χ4v) is 2.73. The molecule has 0 aliphatic heterocycles. The number of aryl methyl sites for hydroxylation is 1. The van der Waals surface area contributed by atoms with Crippen LogP contribution in [0.1, 0.15) is 28.3 Å². The standard InChI is InChI=1S/C16H15BrF3N/c1-10-5-6-14(17)13(7-10)15(21)9-11-3-2-4-12(8-11)16(18,19)20/h2-8,15H,9,21H2,1H3. The third-order valence-corrected chi connectivity index (χ3v) is 3.98. The second-order valence-corrected chi connectivity index (χ2v) is 5.89. The maximum atomic E-state index is 12.7. The zero-order chi connectivity index (χ0) is 15.6. The summed E-state index contributed by atoms with van der Waals surface area (Å²) in [6.07, 6.45) is -3.98. The van der Waals surface area contributed by atoms with Crippen LogP contribution in [0.5, 0.6) is 0 Å². The smallest absolute Gasteiger partial charge is 0.324 e. The maximum Gasteiger partial charge on any atom is 0.416 e. The van der Waals surface area contributed by atoms with E-state index in [0.29, 0.717) is 12.0 Å². The second kappa shape index (κ2) is 6.20. The molecule has 112 valence electrons.